The van der Waals surface area contributed by atoms with Gasteiger partial charge in [-0.05, 0) is 56.4 Å². The molecule has 1 aliphatic carbocycles. The quantitative estimate of drug-likeness (QED) is 0.554. The molecule has 0 bridgehead atoms. The molecule has 3 amide bonds. The van der Waals surface area contributed by atoms with Crippen LogP contribution in [-0.2, 0) is 11.3 Å². The summed E-state index contributed by atoms with van der Waals surface area (Å²) in [4.78, 5) is 32.8. The van der Waals surface area contributed by atoms with Gasteiger partial charge in [0.1, 0.15) is 17.3 Å². The lowest BCUT2D eigenvalue weighted by atomic mass is 9.81. The Balaban J connectivity index is 1.46. The van der Waals surface area contributed by atoms with E-state index in [1.165, 1.54) is 0 Å². The van der Waals surface area contributed by atoms with Gasteiger partial charge in [0.2, 0.25) is 5.91 Å². The van der Waals surface area contributed by atoms with Crippen molar-refractivity contribution >= 4 is 11.9 Å². The van der Waals surface area contributed by atoms with Crippen molar-refractivity contribution in [1.82, 2.24) is 14.7 Å². The smallest absolute Gasteiger partial charge is 0.325 e. The van der Waals surface area contributed by atoms with Gasteiger partial charge >= 0.3 is 6.03 Å². The molecule has 0 N–H and O–H groups in total. The summed E-state index contributed by atoms with van der Waals surface area (Å²) in [5.41, 5.74) is 3.87. The van der Waals surface area contributed by atoms with Crippen molar-refractivity contribution in [2.45, 2.75) is 64.5 Å². The van der Waals surface area contributed by atoms with Gasteiger partial charge in [-0.25, -0.2) is 9.18 Å². The number of likely N-dealkylation sites (N-methyl/N-ethyl adjacent to an activating group) is 1. The van der Waals surface area contributed by atoms with Gasteiger partial charge in [-0.15, -0.1) is 0 Å². The zero-order chi connectivity index (χ0) is 26.5. The van der Waals surface area contributed by atoms with Crippen LogP contribution in [0.1, 0.15) is 63.5 Å². The molecule has 1 atom stereocenters. The predicted octanol–water partition coefficient (Wildman–Crippen LogP) is 5.29. The number of carbonyl (C=O) groups excluding carboxylic acids is 2. The molecular formula is C29H36FN3O4. The number of benzene rings is 1. The molecule has 1 aromatic rings. The Hall–Kier alpha value is -3.29. The first-order chi connectivity index (χ1) is 17.7. The lowest BCUT2D eigenvalue weighted by Gasteiger charge is -2.44. The second kappa shape index (κ2) is 9.54. The molecule has 0 saturated carbocycles. The number of fused-ring (bicyclic) bond motifs is 3. The number of nitrogens with zero attached hydrogens (tertiary/aromatic N) is 3. The zero-order valence-corrected chi connectivity index (χ0v) is 22.4. The lowest BCUT2D eigenvalue weighted by Crippen LogP contribution is -2.54. The molecule has 2 saturated heterocycles. The average molecular weight is 510 g/mol. The number of hydrogen-bond acceptors (Lipinski definition) is 4. The van der Waals surface area contributed by atoms with Crippen LogP contribution in [0.25, 0.3) is 0 Å². The molecule has 3 heterocycles. The first kappa shape index (κ1) is 25.4. The Kier molecular flexibility index (Phi) is 6.54. The minimum absolute atomic E-state index is 0.00147. The van der Waals surface area contributed by atoms with E-state index in [4.69, 9.17) is 9.47 Å². The lowest BCUT2D eigenvalue weighted by molar-refractivity contribution is -0.129. The van der Waals surface area contributed by atoms with Crippen LogP contribution in [0.5, 0.6) is 11.5 Å². The second-order valence-electron chi connectivity index (χ2n) is 10.4. The molecule has 198 valence electrons. The molecule has 8 heteroatoms. The molecule has 2 fully saturated rings. The number of rotatable bonds is 4. The van der Waals surface area contributed by atoms with Crippen LogP contribution >= 0.6 is 0 Å². The zero-order valence-electron chi connectivity index (χ0n) is 22.4. The molecular weight excluding hydrogens is 473 g/mol. The summed E-state index contributed by atoms with van der Waals surface area (Å²) in [7, 11) is 3.29. The number of ether oxygens (including phenoxy) is 2. The summed E-state index contributed by atoms with van der Waals surface area (Å²) in [5.74, 6) is 1.35. The number of allylic oxidation sites excluding steroid dienone is 4. The van der Waals surface area contributed by atoms with E-state index in [2.05, 4.69) is 13.0 Å². The monoisotopic (exact) mass is 509 g/mol. The van der Waals surface area contributed by atoms with Crippen molar-refractivity contribution in [3.8, 4) is 11.5 Å². The Morgan fingerprint density at radius 2 is 1.89 bits per heavy atom. The maximum atomic E-state index is 13.8. The highest BCUT2D eigenvalue weighted by Gasteiger charge is 2.55. The van der Waals surface area contributed by atoms with Gasteiger partial charge in [-0.1, -0.05) is 13.0 Å². The van der Waals surface area contributed by atoms with Crippen LogP contribution in [-0.4, -0.2) is 66.0 Å². The number of urea groups is 1. The fourth-order valence-corrected chi connectivity index (χ4v) is 6.57. The molecule has 37 heavy (non-hydrogen) atoms. The Labute approximate surface area is 218 Å². The summed E-state index contributed by atoms with van der Waals surface area (Å²) < 4.78 is 25.1. The minimum Gasteiger partial charge on any atom is -0.497 e. The number of amides is 3. The average Bonchev–Trinajstić information content (AvgIpc) is 3.01. The SMILES string of the molecule is CCN1C(=O)N2Cc3cc(OC)cc(OC)c3C(C)C=C2C12CCN(C(=O)C1=CC(C)=C(F)CC1)CC2. The molecule has 5 rings (SSSR count). The van der Waals surface area contributed by atoms with Gasteiger partial charge < -0.3 is 19.3 Å². The van der Waals surface area contributed by atoms with Crippen LogP contribution in [0.15, 0.2) is 47.0 Å². The highest BCUT2D eigenvalue weighted by atomic mass is 19.1. The van der Waals surface area contributed by atoms with Crippen LogP contribution in [0.2, 0.25) is 0 Å². The molecule has 4 aliphatic rings. The Morgan fingerprint density at radius 1 is 1.16 bits per heavy atom. The van der Waals surface area contributed by atoms with E-state index in [0.29, 0.717) is 62.3 Å². The highest BCUT2D eigenvalue weighted by molar-refractivity contribution is 5.94. The third-order valence-electron chi connectivity index (χ3n) is 8.50. The second-order valence-corrected chi connectivity index (χ2v) is 10.4. The van der Waals surface area contributed by atoms with Gasteiger partial charge in [-0.3, -0.25) is 9.69 Å². The molecule has 0 aromatic heterocycles. The van der Waals surface area contributed by atoms with Crippen molar-refractivity contribution < 1.29 is 23.5 Å². The van der Waals surface area contributed by atoms with Gasteiger partial charge in [0.25, 0.3) is 0 Å². The normalized spacial score (nSPS) is 22.9. The van der Waals surface area contributed by atoms with Crippen LogP contribution < -0.4 is 9.47 Å². The van der Waals surface area contributed by atoms with E-state index in [0.717, 1.165) is 22.6 Å². The van der Waals surface area contributed by atoms with Crippen molar-refractivity contribution in [1.29, 1.82) is 0 Å². The Bertz CT molecular complexity index is 1230. The van der Waals surface area contributed by atoms with Crippen LogP contribution in [0, 0.1) is 0 Å². The molecule has 1 unspecified atom stereocenters. The van der Waals surface area contributed by atoms with E-state index < -0.39 is 5.54 Å². The van der Waals surface area contributed by atoms with E-state index in [1.807, 2.05) is 33.8 Å². The molecule has 3 aliphatic heterocycles. The van der Waals surface area contributed by atoms with Gasteiger partial charge in [-0.2, -0.15) is 0 Å². The number of halogens is 1. The van der Waals surface area contributed by atoms with E-state index in [1.54, 1.807) is 27.2 Å². The van der Waals surface area contributed by atoms with Crippen molar-refractivity contribution in [3.05, 3.63) is 58.1 Å². The van der Waals surface area contributed by atoms with E-state index in [-0.39, 0.29) is 30.1 Å². The number of piperidine rings is 1. The number of likely N-dealkylation sites (tertiary alicyclic amines) is 1. The highest BCUT2D eigenvalue weighted by Crippen LogP contribution is 2.49. The Morgan fingerprint density at radius 3 is 2.51 bits per heavy atom. The van der Waals surface area contributed by atoms with Crippen molar-refractivity contribution in [2.75, 3.05) is 33.9 Å². The summed E-state index contributed by atoms with van der Waals surface area (Å²) in [5, 5.41) is 0. The number of methoxy groups -OCH3 is 2. The third kappa shape index (κ3) is 4.01. The first-order valence-electron chi connectivity index (χ1n) is 13.1. The fraction of sp³-hybridized carbons (Fsp3) is 0.517. The topological polar surface area (TPSA) is 62.3 Å². The third-order valence-corrected chi connectivity index (χ3v) is 8.50. The molecule has 1 aromatic carbocycles. The largest absolute Gasteiger partial charge is 0.497 e. The van der Waals surface area contributed by atoms with Crippen LogP contribution in [0.3, 0.4) is 0 Å². The minimum atomic E-state index is -0.459. The molecule has 0 radical (unpaired) electrons. The standard InChI is InChI=1S/C29H36FN3O4/c1-6-33-28(35)32-17-21-15-22(36-4)16-24(37-5)26(21)19(3)14-25(32)29(33)9-11-31(12-10-29)27(34)20-7-8-23(30)18(2)13-20/h13-16,19H,6-12,17H2,1-5H3. The number of hydrogen-bond donors (Lipinski definition) is 0. The van der Waals surface area contributed by atoms with Gasteiger partial charge in [0, 0.05) is 54.9 Å². The number of carbonyl (C=O) groups is 2. The maximum absolute atomic E-state index is 13.8. The summed E-state index contributed by atoms with van der Waals surface area (Å²) in [6.07, 6.45) is 5.96. The summed E-state index contributed by atoms with van der Waals surface area (Å²) >= 11 is 0. The van der Waals surface area contributed by atoms with Crippen molar-refractivity contribution in [3.63, 3.8) is 0 Å². The molecule has 1 spiro atoms. The fourth-order valence-electron chi connectivity index (χ4n) is 6.57. The van der Waals surface area contributed by atoms with Crippen LogP contribution in [0.4, 0.5) is 9.18 Å². The maximum Gasteiger partial charge on any atom is 0.325 e. The summed E-state index contributed by atoms with van der Waals surface area (Å²) in [6.45, 7) is 8.02. The van der Waals surface area contributed by atoms with Gasteiger partial charge in [0.15, 0.2) is 0 Å². The van der Waals surface area contributed by atoms with Gasteiger partial charge in [0.05, 0.1) is 26.3 Å². The van der Waals surface area contributed by atoms with Crippen molar-refractivity contribution in [2.24, 2.45) is 0 Å². The first-order valence-corrected chi connectivity index (χ1v) is 13.1. The summed E-state index contributed by atoms with van der Waals surface area (Å²) in [6, 6.07) is 3.90. The van der Waals surface area contributed by atoms with E-state index >= 15 is 0 Å². The predicted molar refractivity (Wildman–Crippen MR) is 139 cm³/mol. The van der Waals surface area contributed by atoms with E-state index in [9.17, 15) is 14.0 Å². The molecule has 7 nitrogen and oxygen atoms in total.